The van der Waals surface area contributed by atoms with Gasteiger partial charge in [0.25, 0.3) is 5.91 Å². The van der Waals surface area contributed by atoms with Crippen molar-refractivity contribution in [2.75, 3.05) is 6.54 Å². The summed E-state index contributed by atoms with van der Waals surface area (Å²) in [5, 5.41) is 3.98. The van der Waals surface area contributed by atoms with Gasteiger partial charge in [-0.3, -0.25) is 9.78 Å². The second kappa shape index (κ2) is 6.90. The highest BCUT2D eigenvalue weighted by Gasteiger charge is 2.33. The summed E-state index contributed by atoms with van der Waals surface area (Å²) in [6.07, 6.45) is 5.20. The number of rotatable bonds is 3. The lowest BCUT2D eigenvalue weighted by Gasteiger charge is -2.24. The fourth-order valence-corrected chi connectivity index (χ4v) is 3.64. The van der Waals surface area contributed by atoms with E-state index in [-0.39, 0.29) is 11.9 Å². The van der Waals surface area contributed by atoms with Gasteiger partial charge in [-0.15, -0.1) is 0 Å². The lowest BCUT2D eigenvalue weighted by Crippen LogP contribution is -2.32. The standard InChI is InChI=1S/C20H21N5O2/c1-12-6-4-9-21-18(12)20(26)25-11-5-7-16(25)15-8-10-22-19(23-15)17-13(2)24-27-14(17)3/h4,6,8-10,16H,5,7,11H2,1-3H3. The first-order valence-electron chi connectivity index (χ1n) is 9.05. The number of hydrogen-bond donors (Lipinski definition) is 0. The summed E-state index contributed by atoms with van der Waals surface area (Å²) >= 11 is 0. The third-order valence-corrected chi connectivity index (χ3v) is 5.00. The largest absolute Gasteiger partial charge is 0.361 e. The maximum atomic E-state index is 13.1. The van der Waals surface area contributed by atoms with E-state index in [4.69, 9.17) is 9.51 Å². The Labute approximate surface area is 157 Å². The normalized spacial score (nSPS) is 16.7. The minimum atomic E-state index is -0.0823. The Morgan fingerprint density at radius 2 is 2.04 bits per heavy atom. The molecule has 27 heavy (non-hydrogen) atoms. The summed E-state index contributed by atoms with van der Waals surface area (Å²) in [7, 11) is 0. The van der Waals surface area contributed by atoms with Gasteiger partial charge in [0.2, 0.25) is 0 Å². The van der Waals surface area contributed by atoms with Gasteiger partial charge in [-0.05, 0) is 51.3 Å². The quantitative estimate of drug-likeness (QED) is 0.709. The van der Waals surface area contributed by atoms with Crippen molar-refractivity contribution in [1.29, 1.82) is 0 Å². The van der Waals surface area contributed by atoms with Crippen LogP contribution in [0.5, 0.6) is 0 Å². The molecule has 3 aromatic rings. The molecule has 0 N–H and O–H groups in total. The van der Waals surface area contributed by atoms with Crippen LogP contribution < -0.4 is 0 Å². The molecule has 1 amide bonds. The molecular formula is C20H21N5O2. The van der Waals surface area contributed by atoms with Crippen molar-refractivity contribution >= 4 is 5.91 Å². The smallest absolute Gasteiger partial charge is 0.273 e. The number of carbonyl (C=O) groups is 1. The zero-order valence-corrected chi connectivity index (χ0v) is 15.6. The molecule has 4 rings (SSSR count). The van der Waals surface area contributed by atoms with E-state index in [1.807, 2.05) is 43.9 Å². The highest BCUT2D eigenvalue weighted by Crippen LogP contribution is 2.33. The topological polar surface area (TPSA) is 85.0 Å². The minimum Gasteiger partial charge on any atom is -0.361 e. The van der Waals surface area contributed by atoms with Crippen molar-refractivity contribution in [2.24, 2.45) is 0 Å². The molecule has 0 saturated carbocycles. The van der Waals surface area contributed by atoms with Crippen LogP contribution in [0.15, 0.2) is 35.1 Å². The Kier molecular flexibility index (Phi) is 4.43. The summed E-state index contributed by atoms with van der Waals surface area (Å²) in [6, 6.07) is 5.55. The van der Waals surface area contributed by atoms with E-state index < -0.39 is 0 Å². The molecule has 0 spiro atoms. The van der Waals surface area contributed by atoms with Crippen molar-refractivity contribution in [1.82, 2.24) is 25.0 Å². The second-order valence-corrected chi connectivity index (χ2v) is 6.83. The van der Waals surface area contributed by atoms with Crippen molar-refractivity contribution in [2.45, 2.75) is 39.7 Å². The highest BCUT2D eigenvalue weighted by atomic mass is 16.5. The Morgan fingerprint density at radius 1 is 1.19 bits per heavy atom. The minimum absolute atomic E-state index is 0.0481. The first-order valence-corrected chi connectivity index (χ1v) is 9.05. The van der Waals surface area contributed by atoms with Gasteiger partial charge in [0.1, 0.15) is 11.5 Å². The molecule has 7 nitrogen and oxygen atoms in total. The van der Waals surface area contributed by atoms with Crippen molar-refractivity contribution in [3.05, 3.63) is 59.0 Å². The number of likely N-dealkylation sites (tertiary alicyclic amines) is 1. The summed E-state index contributed by atoms with van der Waals surface area (Å²) in [6.45, 7) is 6.33. The van der Waals surface area contributed by atoms with E-state index in [1.54, 1.807) is 12.4 Å². The maximum Gasteiger partial charge on any atom is 0.273 e. The summed E-state index contributed by atoms with van der Waals surface area (Å²) < 4.78 is 5.24. The van der Waals surface area contributed by atoms with Crippen molar-refractivity contribution in [3.63, 3.8) is 0 Å². The van der Waals surface area contributed by atoms with E-state index in [1.165, 1.54) is 0 Å². The lowest BCUT2D eigenvalue weighted by molar-refractivity contribution is 0.0726. The zero-order valence-electron chi connectivity index (χ0n) is 15.6. The van der Waals surface area contributed by atoms with Gasteiger partial charge < -0.3 is 9.42 Å². The summed E-state index contributed by atoms with van der Waals surface area (Å²) in [4.78, 5) is 28.4. The molecular weight excluding hydrogens is 342 g/mol. The Morgan fingerprint density at radius 3 is 2.78 bits per heavy atom. The predicted molar refractivity (Wildman–Crippen MR) is 99.0 cm³/mol. The molecule has 0 radical (unpaired) electrons. The number of carbonyl (C=O) groups excluding carboxylic acids is 1. The molecule has 0 aromatic carbocycles. The Hall–Kier alpha value is -3.09. The van der Waals surface area contributed by atoms with Crippen LogP contribution in [-0.2, 0) is 0 Å². The van der Waals surface area contributed by atoms with Crippen LogP contribution in [0.1, 0.15) is 52.1 Å². The number of aromatic nitrogens is 4. The van der Waals surface area contributed by atoms with Gasteiger partial charge in [-0.2, -0.15) is 0 Å². The van der Waals surface area contributed by atoms with Gasteiger partial charge in [-0.25, -0.2) is 9.97 Å². The van der Waals surface area contributed by atoms with E-state index in [0.29, 0.717) is 23.8 Å². The highest BCUT2D eigenvalue weighted by molar-refractivity contribution is 5.94. The van der Waals surface area contributed by atoms with Crippen LogP contribution in [-0.4, -0.2) is 37.5 Å². The first-order chi connectivity index (χ1) is 13.1. The third-order valence-electron chi connectivity index (χ3n) is 5.00. The molecule has 0 bridgehead atoms. The third kappa shape index (κ3) is 3.09. The number of nitrogens with zero attached hydrogens (tertiary/aromatic N) is 5. The average molecular weight is 363 g/mol. The van der Waals surface area contributed by atoms with E-state index in [9.17, 15) is 4.79 Å². The maximum absolute atomic E-state index is 13.1. The molecule has 1 aliphatic rings. The van der Waals surface area contributed by atoms with Crippen LogP contribution in [0.2, 0.25) is 0 Å². The number of hydrogen-bond acceptors (Lipinski definition) is 6. The first kappa shape index (κ1) is 17.3. The molecule has 138 valence electrons. The second-order valence-electron chi connectivity index (χ2n) is 6.83. The molecule has 3 aromatic heterocycles. The number of aryl methyl sites for hydroxylation is 3. The SMILES string of the molecule is Cc1cccnc1C(=O)N1CCCC1c1ccnc(-c2c(C)noc2C)n1. The number of amides is 1. The molecule has 0 aliphatic carbocycles. The monoisotopic (exact) mass is 363 g/mol. The number of pyridine rings is 1. The van der Waals surface area contributed by atoms with E-state index in [2.05, 4.69) is 15.1 Å². The van der Waals surface area contributed by atoms with Crippen LogP contribution in [0.25, 0.3) is 11.4 Å². The van der Waals surface area contributed by atoms with Crippen LogP contribution in [0, 0.1) is 20.8 Å². The predicted octanol–water partition coefficient (Wildman–Crippen LogP) is 3.43. The molecule has 7 heteroatoms. The fraction of sp³-hybridized carbons (Fsp3) is 0.350. The van der Waals surface area contributed by atoms with Gasteiger partial charge in [0, 0.05) is 18.9 Å². The summed E-state index contributed by atoms with van der Waals surface area (Å²) in [5.41, 5.74) is 3.79. The van der Waals surface area contributed by atoms with Crippen LogP contribution in [0.4, 0.5) is 0 Å². The fourth-order valence-electron chi connectivity index (χ4n) is 3.64. The molecule has 1 atom stereocenters. The average Bonchev–Trinajstić information content (AvgIpc) is 3.28. The molecule has 1 unspecified atom stereocenters. The van der Waals surface area contributed by atoms with Crippen molar-refractivity contribution < 1.29 is 9.32 Å². The van der Waals surface area contributed by atoms with Crippen molar-refractivity contribution in [3.8, 4) is 11.4 Å². The molecule has 1 saturated heterocycles. The zero-order chi connectivity index (χ0) is 19.0. The Balaban J connectivity index is 1.68. The molecule has 1 fully saturated rings. The lowest BCUT2D eigenvalue weighted by atomic mass is 10.1. The van der Waals surface area contributed by atoms with Gasteiger partial charge in [-0.1, -0.05) is 11.2 Å². The molecule has 1 aliphatic heterocycles. The van der Waals surface area contributed by atoms with Crippen LogP contribution in [0.3, 0.4) is 0 Å². The van der Waals surface area contributed by atoms with E-state index >= 15 is 0 Å². The van der Waals surface area contributed by atoms with Crippen LogP contribution >= 0.6 is 0 Å². The Bertz CT molecular complexity index is 978. The molecule has 4 heterocycles. The van der Waals surface area contributed by atoms with E-state index in [0.717, 1.165) is 35.4 Å². The van der Waals surface area contributed by atoms with Gasteiger partial charge in [0.05, 0.1) is 23.0 Å². The summed E-state index contributed by atoms with van der Waals surface area (Å²) in [5.74, 6) is 1.22. The van der Waals surface area contributed by atoms with Gasteiger partial charge in [0.15, 0.2) is 5.82 Å². The van der Waals surface area contributed by atoms with Gasteiger partial charge >= 0.3 is 0 Å².